The molecule has 2 aromatic rings. The van der Waals surface area contributed by atoms with Crippen molar-refractivity contribution >= 4 is 21.7 Å². The van der Waals surface area contributed by atoms with Gasteiger partial charge < -0.3 is 5.11 Å². The zero-order valence-electron chi connectivity index (χ0n) is 9.26. The number of hydrogen-bond donors (Lipinski definition) is 1. The lowest BCUT2D eigenvalue weighted by atomic mass is 10.1. The summed E-state index contributed by atoms with van der Waals surface area (Å²) in [6.07, 6.45) is 13.6. The molecule has 1 atom stereocenters. The monoisotopic (exact) mass is 244 g/mol. The van der Waals surface area contributed by atoms with Crippen molar-refractivity contribution in [3.63, 3.8) is 0 Å². The summed E-state index contributed by atoms with van der Waals surface area (Å²) in [5, 5.41) is 9.97. The number of aromatic nitrogens is 2. The second kappa shape index (κ2) is 4.02. The fraction of sp³-hybridized carbons (Fsp3) is 0.308. The largest absolute Gasteiger partial charge is 0.374 e. The third-order valence-corrected chi connectivity index (χ3v) is 4.24. The van der Waals surface area contributed by atoms with Gasteiger partial charge in [-0.2, -0.15) is 0 Å². The highest BCUT2D eigenvalue weighted by atomic mass is 32.1. The Kier molecular flexibility index (Phi) is 2.50. The summed E-state index contributed by atoms with van der Waals surface area (Å²) < 4.78 is 1.89. The average Bonchev–Trinajstić information content (AvgIpc) is 3.02. The summed E-state index contributed by atoms with van der Waals surface area (Å²) in [6, 6.07) is 0. The highest BCUT2D eigenvalue weighted by molar-refractivity contribution is 7.18. The minimum Gasteiger partial charge on any atom is -0.374 e. The molecule has 0 spiro atoms. The van der Waals surface area contributed by atoms with E-state index in [0.717, 1.165) is 28.2 Å². The Morgan fingerprint density at radius 3 is 3.18 bits per heavy atom. The summed E-state index contributed by atoms with van der Waals surface area (Å²) in [6.45, 7) is 0. The quantitative estimate of drug-likeness (QED) is 0.825. The standard InChI is InChI=1S/C13H12N2OS/c1-2-10(16)12-13(9-5-3-4-6-9)17-11-7-14-8-15(11)12/h1,5,7-8,10,16H,3-4,6H2. The Morgan fingerprint density at radius 2 is 2.47 bits per heavy atom. The zero-order chi connectivity index (χ0) is 11.8. The minimum absolute atomic E-state index is 0.790. The second-order valence-electron chi connectivity index (χ2n) is 4.11. The van der Waals surface area contributed by atoms with Gasteiger partial charge in [0.25, 0.3) is 0 Å². The number of terminal acetylenes is 1. The van der Waals surface area contributed by atoms with Crippen molar-refractivity contribution < 1.29 is 5.11 Å². The van der Waals surface area contributed by atoms with Crippen molar-refractivity contribution in [2.45, 2.75) is 25.4 Å². The molecule has 1 aliphatic rings. The first-order chi connectivity index (χ1) is 8.31. The first-order valence-electron chi connectivity index (χ1n) is 5.59. The van der Waals surface area contributed by atoms with Crippen LogP contribution in [0.5, 0.6) is 0 Å². The lowest BCUT2D eigenvalue weighted by Gasteiger charge is -2.07. The number of imidazole rings is 1. The van der Waals surface area contributed by atoms with E-state index in [2.05, 4.69) is 17.0 Å². The predicted molar refractivity (Wildman–Crippen MR) is 68.7 cm³/mol. The van der Waals surface area contributed by atoms with E-state index in [1.807, 2.05) is 4.40 Å². The lowest BCUT2D eigenvalue weighted by molar-refractivity contribution is 0.232. The van der Waals surface area contributed by atoms with Crippen LogP contribution in [0.15, 0.2) is 18.6 Å². The summed E-state index contributed by atoms with van der Waals surface area (Å²) in [7, 11) is 0. The van der Waals surface area contributed by atoms with Gasteiger partial charge >= 0.3 is 0 Å². The van der Waals surface area contributed by atoms with E-state index in [-0.39, 0.29) is 0 Å². The van der Waals surface area contributed by atoms with Gasteiger partial charge in [0.05, 0.1) is 16.8 Å². The van der Waals surface area contributed by atoms with E-state index in [0.29, 0.717) is 0 Å². The molecule has 1 aliphatic carbocycles. The van der Waals surface area contributed by atoms with Crippen LogP contribution in [-0.2, 0) is 0 Å². The number of nitrogens with zero attached hydrogens (tertiary/aromatic N) is 2. The van der Waals surface area contributed by atoms with Crippen LogP contribution in [0.25, 0.3) is 10.4 Å². The molecule has 0 bridgehead atoms. The first-order valence-corrected chi connectivity index (χ1v) is 6.41. The molecular weight excluding hydrogens is 232 g/mol. The Bertz CT molecular complexity index is 629. The Hall–Kier alpha value is -1.57. The summed E-state index contributed by atoms with van der Waals surface area (Å²) in [4.78, 5) is 6.22. The average molecular weight is 244 g/mol. The Balaban J connectivity index is 2.23. The van der Waals surface area contributed by atoms with Crippen molar-refractivity contribution in [2.24, 2.45) is 0 Å². The number of aliphatic hydroxyl groups is 1. The van der Waals surface area contributed by atoms with Crippen LogP contribution >= 0.6 is 11.3 Å². The van der Waals surface area contributed by atoms with Gasteiger partial charge in [0.2, 0.25) is 0 Å². The van der Waals surface area contributed by atoms with Gasteiger partial charge in [-0.15, -0.1) is 17.8 Å². The highest BCUT2D eigenvalue weighted by Gasteiger charge is 2.21. The number of thiazole rings is 1. The Labute approximate surface area is 103 Å². The van der Waals surface area contributed by atoms with E-state index < -0.39 is 6.10 Å². The molecule has 0 radical (unpaired) electrons. The van der Waals surface area contributed by atoms with Crippen LogP contribution in [0.4, 0.5) is 0 Å². The topological polar surface area (TPSA) is 37.5 Å². The lowest BCUT2D eigenvalue weighted by Crippen LogP contribution is -2.01. The molecule has 0 saturated carbocycles. The molecule has 1 N–H and O–H groups in total. The van der Waals surface area contributed by atoms with Gasteiger partial charge in [-0.3, -0.25) is 4.40 Å². The zero-order valence-corrected chi connectivity index (χ0v) is 10.1. The second-order valence-corrected chi connectivity index (χ2v) is 5.14. The third-order valence-electron chi connectivity index (χ3n) is 3.05. The van der Waals surface area contributed by atoms with E-state index in [9.17, 15) is 5.11 Å². The van der Waals surface area contributed by atoms with Gasteiger partial charge in [0, 0.05) is 0 Å². The van der Waals surface area contributed by atoms with Gasteiger partial charge in [0.15, 0.2) is 6.10 Å². The van der Waals surface area contributed by atoms with E-state index in [4.69, 9.17) is 6.42 Å². The van der Waals surface area contributed by atoms with Gasteiger partial charge in [-0.25, -0.2) is 4.98 Å². The maximum Gasteiger partial charge on any atom is 0.156 e. The van der Waals surface area contributed by atoms with Crippen LogP contribution in [0, 0.1) is 12.3 Å². The molecule has 1 unspecified atom stereocenters. The van der Waals surface area contributed by atoms with Crippen LogP contribution < -0.4 is 0 Å². The van der Waals surface area contributed by atoms with Crippen LogP contribution in [-0.4, -0.2) is 14.5 Å². The number of hydrogen-bond acceptors (Lipinski definition) is 3. The van der Waals surface area contributed by atoms with Crippen LogP contribution in [0.1, 0.15) is 35.9 Å². The number of aliphatic hydroxyl groups excluding tert-OH is 1. The van der Waals surface area contributed by atoms with Crippen LogP contribution in [0.2, 0.25) is 0 Å². The molecule has 0 fully saturated rings. The smallest absolute Gasteiger partial charge is 0.156 e. The van der Waals surface area contributed by atoms with Crippen molar-refractivity contribution in [3.05, 3.63) is 29.2 Å². The van der Waals surface area contributed by atoms with Crippen molar-refractivity contribution in [1.29, 1.82) is 0 Å². The molecule has 2 heterocycles. The minimum atomic E-state index is -0.866. The number of fused-ring (bicyclic) bond motifs is 1. The fourth-order valence-corrected chi connectivity index (χ4v) is 3.45. The van der Waals surface area contributed by atoms with E-state index in [1.54, 1.807) is 23.9 Å². The molecule has 3 nitrogen and oxygen atoms in total. The fourth-order valence-electron chi connectivity index (χ4n) is 2.25. The van der Waals surface area contributed by atoms with Crippen molar-refractivity contribution in [1.82, 2.24) is 9.38 Å². The summed E-state index contributed by atoms with van der Waals surface area (Å²) in [5.74, 6) is 2.40. The third kappa shape index (κ3) is 1.59. The molecule has 3 rings (SSSR count). The molecule has 0 saturated heterocycles. The molecular formula is C13H12N2OS. The SMILES string of the molecule is C#CC(O)c1c(C2=CCCC2)sc2cncn12. The maximum atomic E-state index is 9.97. The molecule has 0 aromatic carbocycles. The molecule has 86 valence electrons. The predicted octanol–water partition coefficient (Wildman–Crippen LogP) is 2.63. The molecule has 2 aromatic heterocycles. The Morgan fingerprint density at radius 1 is 1.59 bits per heavy atom. The van der Waals surface area contributed by atoms with E-state index >= 15 is 0 Å². The molecule has 0 aliphatic heterocycles. The number of rotatable bonds is 2. The summed E-state index contributed by atoms with van der Waals surface area (Å²) >= 11 is 1.65. The molecule has 0 amide bonds. The van der Waals surface area contributed by atoms with Crippen LogP contribution in [0.3, 0.4) is 0 Å². The molecule has 4 heteroatoms. The van der Waals surface area contributed by atoms with Gasteiger partial charge in [0.1, 0.15) is 11.2 Å². The first kappa shape index (κ1) is 10.6. The van der Waals surface area contributed by atoms with E-state index in [1.165, 1.54) is 12.0 Å². The van der Waals surface area contributed by atoms with Crippen molar-refractivity contribution in [3.8, 4) is 12.3 Å². The van der Waals surface area contributed by atoms with Gasteiger partial charge in [-0.05, 0) is 24.8 Å². The highest BCUT2D eigenvalue weighted by Crippen LogP contribution is 2.38. The molecule has 17 heavy (non-hydrogen) atoms. The normalized spacial score (nSPS) is 17.1. The maximum absolute atomic E-state index is 9.97. The number of allylic oxidation sites excluding steroid dienone is 2. The summed E-state index contributed by atoms with van der Waals surface area (Å²) in [5.41, 5.74) is 2.10. The van der Waals surface area contributed by atoms with Crippen molar-refractivity contribution in [2.75, 3.05) is 0 Å². The van der Waals surface area contributed by atoms with Gasteiger partial charge in [-0.1, -0.05) is 12.0 Å².